The molecule has 0 radical (unpaired) electrons. The SMILES string of the molecule is COC(=O)c1cccc(-c2c(C#CCCO)sc(-c3ccc(F)cc3)c2-c2ccncc2)c1. The van der Waals surface area contributed by atoms with Crippen LogP contribution in [0.25, 0.3) is 32.7 Å². The highest BCUT2D eigenvalue weighted by molar-refractivity contribution is 7.17. The number of carbonyl (C=O) groups is 1. The van der Waals surface area contributed by atoms with Crippen molar-refractivity contribution in [2.75, 3.05) is 13.7 Å². The monoisotopic (exact) mass is 457 g/mol. The summed E-state index contributed by atoms with van der Waals surface area (Å²) < 4.78 is 18.5. The maximum Gasteiger partial charge on any atom is 0.337 e. The topological polar surface area (TPSA) is 59.4 Å². The lowest BCUT2D eigenvalue weighted by atomic mass is 9.92. The Labute approximate surface area is 195 Å². The molecule has 6 heteroatoms. The van der Waals surface area contributed by atoms with Gasteiger partial charge >= 0.3 is 5.97 Å². The number of aliphatic hydroxyl groups is 1. The Morgan fingerprint density at radius 1 is 1.03 bits per heavy atom. The first kappa shape index (κ1) is 22.4. The molecule has 2 heterocycles. The lowest BCUT2D eigenvalue weighted by Gasteiger charge is -2.10. The molecule has 0 saturated carbocycles. The van der Waals surface area contributed by atoms with Crippen molar-refractivity contribution in [3.8, 4) is 44.5 Å². The third-order valence-electron chi connectivity index (χ3n) is 4.99. The van der Waals surface area contributed by atoms with Crippen LogP contribution in [0, 0.1) is 17.7 Å². The van der Waals surface area contributed by atoms with Crippen molar-refractivity contribution in [2.45, 2.75) is 6.42 Å². The van der Waals surface area contributed by atoms with Crippen LogP contribution in [0.5, 0.6) is 0 Å². The number of pyridine rings is 1. The summed E-state index contributed by atoms with van der Waals surface area (Å²) in [5.41, 5.74) is 4.80. The van der Waals surface area contributed by atoms with Crippen LogP contribution < -0.4 is 0 Å². The summed E-state index contributed by atoms with van der Waals surface area (Å²) in [7, 11) is 1.35. The molecule has 4 rings (SSSR count). The van der Waals surface area contributed by atoms with E-state index < -0.39 is 5.97 Å². The van der Waals surface area contributed by atoms with Crippen molar-refractivity contribution in [1.82, 2.24) is 4.98 Å². The van der Waals surface area contributed by atoms with Crippen LogP contribution in [0.2, 0.25) is 0 Å². The first-order valence-corrected chi connectivity index (χ1v) is 11.1. The van der Waals surface area contributed by atoms with Crippen LogP contribution in [0.15, 0.2) is 73.1 Å². The largest absolute Gasteiger partial charge is 0.465 e. The first-order valence-electron chi connectivity index (χ1n) is 10.2. The predicted octanol–water partition coefficient (Wildman–Crippen LogP) is 5.80. The van der Waals surface area contributed by atoms with E-state index in [-0.39, 0.29) is 12.4 Å². The standard InChI is InChI=1S/C27H20FNO3S/c1-32-27(31)21-6-4-5-20(17-21)24-23(7-2-3-16-30)33-26(19-8-10-22(28)11-9-19)25(24)18-12-14-29-15-13-18/h4-6,8-15,17,30H,3,16H2,1H3. The number of aromatic nitrogens is 1. The molecule has 4 aromatic rings. The molecule has 1 N–H and O–H groups in total. The van der Waals surface area contributed by atoms with Crippen molar-refractivity contribution in [3.63, 3.8) is 0 Å². The minimum absolute atomic E-state index is 0.0342. The van der Waals surface area contributed by atoms with Gasteiger partial charge in [-0.05, 0) is 53.1 Å². The highest BCUT2D eigenvalue weighted by Gasteiger charge is 2.22. The Hall–Kier alpha value is -3.79. The number of halogens is 1. The molecule has 0 aliphatic carbocycles. The molecule has 2 aromatic heterocycles. The van der Waals surface area contributed by atoms with Gasteiger partial charge < -0.3 is 9.84 Å². The summed E-state index contributed by atoms with van der Waals surface area (Å²) in [5.74, 6) is 5.46. The Kier molecular flexibility index (Phi) is 6.94. The van der Waals surface area contributed by atoms with Crippen LogP contribution in [0.4, 0.5) is 4.39 Å². The summed E-state index contributed by atoms with van der Waals surface area (Å²) in [4.78, 5) is 18.0. The molecule has 0 saturated heterocycles. The maximum atomic E-state index is 13.6. The molecule has 0 aliphatic heterocycles. The molecule has 2 aromatic carbocycles. The number of methoxy groups -OCH3 is 1. The molecular weight excluding hydrogens is 437 g/mol. The van der Waals surface area contributed by atoms with E-state index in [2.05, 4.69) is 16.8 Å². The van der Waals surface area contributed by atoms with Gasteiger partial charge in [0.15, 0.2) is 0 Å². The summed E-state index contributed by atoms with van der Waals surface area (Å²) in [6.07, 6.45) is 3.77. The fourth-order valence-corrected chi connectivity index (χ4v) is 4.74. The lowest BCUT2D eigenvalue weighted by Crippen LogP contribution is -2.01. The Morgan fingerprint density at radius 2 is 1.79 bits per heavy atom. The van der Waals surface area contributed by atoms with Gasteiger partial charge in [-0.3, -0.25) is 4.98 Å². The van der Waals surface area contributed by atoms with Gasteiger partial charge in [0.05, 0.1) is 24.2 Å². The van der Waals surface area contributed by atoms with Gasteiger partial charge in [-0.2, -0.15) is 0 Å². The minimum Gasteiger partial charge on any atom is -0.465 e. The maximum absolute atomic E-state index is 13.6. The number of rotatable bonds is 5. The van der Waals surface area contributed by atoms with Crippen LogP contribution in [-0.2, 0) is 4.74 Å². The number of hydrogen-bond acceptors (Lipinski definition) is 5. The number of thiophene rings is 1. The number of carbonyl (C=O) groups excluding carboxylic acids is 1. The Balaban J connectivity index is 2.04. The van der Waals surface area contributed by atoms with Gasteiger partial charge in [-0.25, -0.2) is 9.18 Å². The molecule has 0 bridgehead atoms. The molecule has 33 heavy (non-hydrogen) atoms. The zero-order chi connectivity index (χ0) is 23.2. The Morgan fingerprint density at radius 3 is 2.48 bits per heavy atom. The van der Waals surface area contributed by atoms with Gasteiger partial charge in [0, 0.05) is 34.8 Å². The van der Waals surface area contributed by atoms with Crippen molar-refractivity contribution in [1.29, 1.82) is 0 Å². The van der Waals surface area contributed by atoms with Crippen molar-refractivity contribution < 1.29 is 19.0 Å². The van der Waals surface area contributed by atoms with Gasteiger partial charge in [0.2, 0.25) is 0 Å². The Bertz CT molecular complexity index is 1340. The van der Waals surface area contributed by atoms with Gasteiger partial charge in [0.25, 0.3) is 0 Å². The van der Waals surface area contributed by atoms with E-state index in [9.17, 15) is 14.3 Å². The third kappa shape index (κ3) is 4.85. The first-order chi connectivity index (χ1) is 16.1. The molecule has 0 unspecified atom stereocenters. The van der Waals surface area contributed by atoms with E-state index in [1.54, 1.807) is 42.7 Å². The van der Waals surface area contributed by atoms with Crippen molar-refractivity contribution >= 4 is 17.3 Å². The molecule has 0 fully saturated rings. The zero-order valence-corrected chi connectivity index (χ0v) is 18.7. The van der Waals surface area contributed by atoms with E-state index in [4.69, 9.17) is 4.74 Å². The van der Waals surface area contributed by atoms with Gasteiger partial charge in [-0.1, -0.05) is 36.1 Å². The average molecular weight is 458 g/mol. The lowest BCUT2D eigenvalue weighted by molar-refractivity contribution is 0.0601. The summed E-state index contributed by atoms with van der Waals surface area (Å²) in [6.45, 7) is -0.0342. The quantitative estimate of drug-likeness (QED) is 0.304. The van der Waals surface area contributed by atoms with Crippen LogP contribution in [0.1, 0.15) is 21.7 Å². The second-order valence-electron chi connectivity index (χ2n) is 7.10. The number of ether oxygens (including phenoxy) is 1. The van der Waals surface area contributed by atoms with Crippen LogP contribution in [0.3, 0.4) is 0 Å². The number of nitrogens with zero attached hydrogens (tertiary/aromatic N) is 1. The van der Waals surface area contributed by atoms with Crippen molar-refractivity contribution in [2.24, 2.45) is 0 Å². The number of benzene rings is 2. The van der Waals surface area contributed by atoms with E-state index in [1.165, 1.54) is 30.6 Å². The van der Waals surface area contributed by atoms with E-state index in [0.717, 1.165) is 37.6 Å². The van der Waals surface area contributed by atoms with E-state index in [1.807, 2.05) is 18.2 Å². The molecule has 0 atom stereocenters. The van der Waals surface area contributed by atoms with Crippen LogP contribution >= 0.6 is 11.3 Å². The molecular formula is C27H20FNO3S. The molecule has 4 nitrogen and oxygen atoms in total. The fourth-order valence-electron chi connectivity index (χ4n) is 3.51. The van der Waals surface area contributed by atoms with Gasteiger partial charge in [0.1, 0.15) is 5.82 Å². The second kappa shape index (κ2) is 10.2. The fraction of sp³-hybridized carbons (Fsp3) is 0.111. The molecule has 0 amide bonds. The minimum atomic E-state index is -0.427. The van der Waals surface area contributed by atoms with Gasteiger partial charge in [-0.15, -0.1) is 11.3 Å². The average Bonchev–Trinajstić information content (AvgIpc) is 3.24. The second-order valence-corrected chi connectivity index (χ2v) is 8.12. The third-order valence-corrected chi connectivity index (χ3v) is 6.15. The molecule has 0 spiro atoms. The number of esters is 1. The summed E-state index contributed by atoms with van der Waals surface area (Å²) in [5, 5.41) is 9.20. The summed E-state index contributed by atoms with van der Waals surface area (Å²) in [6, 6.07) is 17.4. The van der Waals surface area contributed by atoms with Crippen molar-refractivity contribution in [3.05, 3.63) is 89.3 Å². The van der Waals surface area contributed by atoms with Crippen LogP contribution in [-0.4, -0.2) is 29.8 Å². The summed E-state index contributed by atoms with van der Waals surface area (Å²) >= 11 is 1.49. The number of hydrogen-bond donors (Lipinski definition) is 1. The van der Waals surface area contributed by atoms with E-state index in [0.29, 0.717) is 12.0 Å². The number of aliphatic hydroxyl groups excluding tert-OH is 1. The molecule has 164 valence electrons. The predicted molar refractivity (Wildman–Crippen MR) is 128 cm³/mol. The zero-order valence-electron chi connectivity index (χ0n) is 17.8. The molecule has 0 aliphatic rings. The highest BCUT2D eigenvalue weighted by atomic mass is 32.1. The highest BCUT2D eigenvalue weighted by Crippen LogP contribution is 2.47. The normalized spacial score (nSPS) is 10.4. The van der Waals surface area contributed by atoms with E-state index >= 15 is 0 Å². The smallest absolute Gasteiger partial charge is 0.337 e.